The lowest BCUT2D eigenvalue weighted by Crippen LogP contribution is -2.12. The number of nitrogens with one attached hydrogen (secondary N) is 1. The van der Waals surface area contributed by atoms with Crippen LogP contribution >= 0.6 is 11.3 Å². The van der Waals surface area contributed by atoms with Gasteiger partial charge in [-0.05, 0) is 37.8 Å². The summed E-state index contributed by atoms with van der Waals surface area (Å²) in [4.78, 5) is 22.6. The van der Waals surface area contributed by atoms with Gasteiger partial charge in [-0.3, -0.25) is 10.1 Å². The molecule has 0 atom stereocenters. The van der Waals surface area contributed by atoms with Gasteiger partial charge < -0.3 is 4.40 Å². The number of aryl methyl sites for hydroxylation is 2. The Balaban J connectivity index is 1.56. The number of amides is 1. The van der Waals surface area contributed by atoms with E-state index in [9.17, 15) is 4.79 Å². The van der Waals surface area contributed by atoms with Crippen molar-refractivity contribution in [2.24, 2.45) is 0 Å². The van der Waals surface area contributed by atoms with Crippen molar-refractivity contribution >= 4 is 28.0 Å². The summed E-state index contributed by atoms with van der Waals surface area (Å²) < 4.78 is 1.84. The van der Waals surface area contributed by atoms with Gasteiger partial charge in [0, 0.05) is 17.3 Å². The van der Waals surface area contributed by atoms with Crippen LogP contribution in [0.3, 0.4) is 0 Å². The van der Waals surface area contributed by atoms with Gasteiger partial charge in [0.15, 0.2) is 5.13 Å². The summed E-state index contributed by atoms with van der Waals surface area (Å²) in [5.74, 6) is -0.201. The molecule has 0 bridgehead atoms. The van der Waals surface area contributed by atoms with Crippen LogP contribution in [-0.2, 0) is 12.8 Å². The lowest BCUT2D eigenvalue weighted by Gasteiger charge is -1.97. The zero-order chi connectivity index (χ0) is 14.9. The summed E-state index contributed by atoms with van der Waals surface area (Å²) in [7, 11) is 0. The number of carbonyl (C=O) groups excluding carboxylic acids is 1. The summed E-state index contributed by atoms with van der Waals surface area (Å²) in [6.07, 6.45) is 9.40. The average Bonchev–Trinajstić information content (AvgIpc) is 3.05. The van der Waals surface area contributed by atoms with Gasteiger partial charge in [0.1, 0.15) is 11.3 Å². The summed E-state index contributed by atoms with van der Waals surface area (Å²) in [6.45, 7) is 0. The van der Waals surface area contributed by atoms with Crippen molar-refractivity contribution < 1.29 is 4.79 Å². The predicted octanol–water partition coefficient (Wildman–Crippen LogP) is 3.31. The van der Waals surface area contributed by atoms with Crippen LogP contribution in [0.25, 0.3) is 5.65 Å². The van der Waals surface area contributed by atoms with E-state index in [1.54, 1.807) is 17.5 Å². The topological polar surface area (TPSA) is 59.3 Å². The molecule has 0 aliphatic heterocycles. The molecule has 0 saturated carbocycles. The Labute approximate surface area is 132 Å². The van der Waals surface area contributed by atoms with Crippen LogP contribution in [0.4, 0.5) is 5.13 Å². The molecule has 3 aromatic heterocycles. The van der Waals surface area contributed by atoms with Gasteiger partial charge >= 0.3 is 0 Å². The second-order valence-corrected chi connectivity index (χ2v) is 6.58. The highest BCUT2D eigenvalue weighted by Crippen LogP contribution is 2.29. The molecule has 4 rings (SSSR count). The molecule has 0 aromatic carbocycles. The summed E-state index contributed by atoms with van der Waals surface area (Å²) >= 11 is 1.60. The molecule has 0 radical (unpaired) electrons. The van der Waals surface area contributed by atoms with Crippen LogP contribution < -0.4 is 5.32 Å². The number of imidazole rings is 1. The largest absolute Gasteiger partial charge is 0.306 e. The molecular formula is C16H16N4OS. The van der Waals surface area contributed by atoms with E-state index in [-0.39, 0.29) is 5.91 Å². The van der Waals surface area contributed by atoms with E-state index < -0.39 is 0 Å². The Morgan fingerprint density at radius 2 is 2.09 bits per heavy atom. The minimum Gasteiger partial charge on any atom is -0.306 e. The first-order chi connectivity index (χ1) is 10.8. The number of rotatable bonds is 2. The van der Waals surface area contributed by atoms with Crippen LogP contribution in [0.15, 0.2) is 30.6 Å². The number of thiazole rings is 1. The van der Waals surface area contributed by atoms with Crippen molar-refractivity contribution in [3.63, 3.8) is 0 Å². The minimum absolute atomic E-state index is 0.201. The normalized spacial score (nSPS) is 14.5. The van der Waals surface area contributed by atoms with Crippen LogP contribution in [0, 0.1) is 0 Å². The van der Waals surface area contributed by atoms with E-state index in [4.69, 9.17) is 0 Å². The number of carbonyl (C=O) groups is 1. The van der Waals surface area contributed by atoms with Crippen molar-refractivity contribution in [3.05, 3.63) is 46.9 Å². The van der Waals surface area contributed by atoms with Crippen molar-refractivity contribution in [1.29, 1.82) is 0 Å². The van der Waals surface area contributed by atoms with Gasteiger partial charge in [-0.1, -0.05) is 12.5 Å². The zero-order valence-corrected chi connectivity index (χ0v) is 12.9. The first-order valence-corrected chi connectivity index (χ1v) is 8.35. The molecular weight excluding hydrogens is 296 g/mol. The summed E-state index contributed by atoms with van der Waals surface area (Å²) in [6, 6.07) is 5.69. The molecule has 0 spiro atoms. The zero-order valence-electron chi connectivity index (χ0n) is 12.1. The number of pyridine rings is 1. The fraction of sp³-hybridized carbons (Fsp3) is 0.312. The Bertz CT molecular complexity index is 779. The second kappa shape index (κ2) is 5.53. The van der Waals surface area contributed by atoms with Gasteiger partial charge in [0.2, 0.25) is 0 Å². The highest BCUT2D eigenvalue weighted by atomic mass is 32.1. The molecule has 1 amide bonds. The smallest absolute Gasteiger partial charge is 0.277 e. The van der Waals surface area contributed by atoms with Gasteiger partial charge in [-0.15, -0.1) is 11.3 Å². The Hall–Kier alpha value is -2.21. The monoisotopic (exact) mass is 312 g/mol. The van der Waals surface area contributed by atoms with E-state index >= 15 is 0 Å². The fourth-order valence-electron chi connectivity index (χ4n) is 2.79. The Morgan fingerprint density at radius 3 is 3.00 bits per heavy atom. The van der Waals surface area contributed by atoms with Crippen LogP contribution in [0.1, 0.15) is 40.3 Å². The van der Waals surface area contributed by atoms with Gasteiger partial charge in [0.25, 0.3) is 5.91 Å². The first kappa shape index (κ1) is 13.5. The number of fused-ring (bicyclic) bond motifs is 2. The summed E-state index contributed by atoms with van der Waals surface area (Å²) in [5, 5.41) is 3.58. The second-order valence-electron chi connectivity index (χ2n) is 5.50. The van der Waals surface area contributed by atoms with Crippen molar-refractivity contribution in [2.45, 2.75) is 32.1 Å². The number of anilines is 1. The lowest BCUT2D eigenvalue weighted by molar-refractivity contribution is 0.102. The molecule has 0 unspecified atom stereocenters. The molecule has 22 heavy (non-hydrogen) atoms. The molecule has 3 heterocycles. The highest BCUT2D eigenvalue weighted by molar-refractivity contribution is 7.15. The number of nitrogens with zero attached hydrogens (tertiary/aromatic N) is 3. The van der Waals surface area contributed by atoms with Crippen LogP contribution in [0.2, 0.25) is 0 Å². The standard InChI is InChI=1S/C16H16N4OS/c21-15(12-10-20-9-5-4-8-14(20)17-12)19-16-18-11-6-2-1-3-7-13(11)22-16/h4-5,8-10H,1-3,6-7H2,(H,18,19,21). The van der Waals surface area contributed by atoms with E-state index in [0.717, 1.165) is 24.2 Å². The van der Waals surface area contributed by atoms with E-state index in [2.05, 4.69) is 15.3 Å². The van der Waals surface area contributed by atoms with Crippen molar-refractivity contribution in [1.82, 2.24) is 14.4 Å². The van der Waals surface area contributed by atoms with Gasteiger partial charge in [0.05, 0.1) is 5.69 Å². The predicted molar refractivity (Wildman–Crippen MR) is 86.5 cm³/mol. The Kier molecular flexibility index (Phi) is 3.38. The SMILES string of the molecule is O=C(Nc1nc2c(s1)CCCCC2)c1cn2ccccc2n1. The molecule has 0 fully saturated rings. The van der Waals surface area contributed by atoms with Gasteiger partial charge in [-0.25, -0.2) is 9.97 Å². The molecule has 1 N–H and O–H groups in total. The minimum atomic E-state index is -0.201. The van der Waals surface area contributed by atoms with E-state index in [1.807, 2.05) is 28.8 Å². The Morgan fingerprint density at radius 1 is 1.18 bits per heavy atom. The maximum absolute atomic E-state index is 12.3. The lowest BCUT2D eigenvalue weighted by atomic mass is 10.2. The fourth-order valence-corrected chi connectivity index (χ4v) is 3.83. The molecule has 0 saturated heterocycles. The number of hydrogen-bond donors (Lipinski definition) is 1. The maximum Gasteiger partial charge on any atom is 0.277 e. The highest BCUT2D eigenvalue weighted by Gasteiger charge is 2.17. The quantitative estimate of drug-likeness (QED) is 0.739. The number of aromatic nitrogens is 3. The first-order valence-electron chi connectivity index (χ1n) is 7.53. The average molecular weight is 312 g/mol. The third-order valence-electron chi connectivity index (χ3n) is 3.91. The van der Waals surface area contributed by atoms with Crippen LogP contribution in [0.5, 0.6) is 0 Å². The van der Waals surface area contributed by atoms with Crippen LogP contribution in [-0.4, -0.2) is 20.3 Å². The third kappa shape index (κ3) is 2.50. The number of hydrogen-bond acceptors (Lipinski definition) is 4. The van der Waals surface area contributed by atoms with Crippen molar-refractivity contribution in [3.8, 4) is 0 Å². The van der Waals surface area contributed by atoms with E-state index in [0.29, 0.717) is 10.8 Å². The summed E-state index contributed by atoms with van der Waals surface area (Å²) in [5.41, 5.74) is 2.34. The third-order valence-corrected chi connectivity index (χ3v) is 4.99. The molecule has 112 valence electrons. The molecule has 5 nitrogen and oxygen atoms in total. The molecule has 1 aliphatic carbocycles. The van der Waals surface area contributed by atoms with E-state index in [1.165, 1.54) is 24.1 Å². The molecule has 6 heteroatoms. The molecule has 1 aliphatic rings. The van der Waals surface area contributed by atoms with Crippen molar-refractivity contribution in [2.75, 3.05) is 5.32 Å². The molecule has 3 aromatic rings. The maximum atomic E-state index is 12.3. The van der Waals surface area contributed by atoms with Gasteiger partial charge in [-0.2, -0.15) is 0 Å².